The molecule has 0 saturated carbocycles. The van der Waals surface area contributed by atoms with E-state index in [1.807, 2.05) is 6.92 Å². The van der Waals surface area contributed by atoms with E-state index in [4.69, 9.17) is 0 Å². The minimum Gasteiger partial charge on any atom is -0.340 e. The zero-order valence-electron chi connectivity index (χ0n) is 15.2. The SMILES string of the molecule is CC(=O)c1cnc(N2CCCC(CN3CCN(C)CC3)C2)nc1C. The molecule has 1 unspecified atom stereocenters. The summed E-state index contributed by atoms with van der Waals surface area (Å²) >= 11 is 0. The van der Waals surface area contributed by atoms with Gasteiger partial charge in [0.15, 0.2) is 5.78 Å². The van der Waals surface area contributed by atoms with Crippen LogP contribution in [-0.4, -0.2) is 78.4 Å². The molecule has 2 aliphatic heterocycles. The number of rotatable bonds is 4. The van der Waals surface area contributed by atoms with Crippen LogP contribution in [0.4, 0.5) is 5.95 Å². The van der Waals surface area contributed by atoms with Crippen LogP contribution in [0.25, 0.3) is 0 Å². The topological polar surface area (TPSA) is 52.6 Å². The Bertz CT molecular complexity index is 583. The van der Waals surface area contributed by atoms with Crippen LogP contribution in [0, 0.1) is 12.8 Å². The van der Waals surface area contributed by atoms with Crippen molar-refractivity contribution in [1.29, 1.82) is 0 Å². The number of carbonyl (C=O) groups excluding carboxylic acids is 1. The maximum absolute atomic E-state index is 11.5. The molecule has 132 valence electrons. The van der Waals surface area contributed by atoms with Gasteiger partial charge in [-0.15, -0.1) is 0 Å². The number of hydrogen-bond donors (Lipinski definition) is 0. The van der Waals surface area contributed by atoms with Crippen LogP contribution in [-0.2, 0) is 0 Å². The number of Topliss-reactive ketones (excluding diaryl/α,β-unsaturated/α-hetero) is 1. The van der Waals surface area contributed by atoms with E-state index in [1.54, 1.807) is 13.1 Å². The number of hydrogen-bond acceptors (Lipinski definition) is 6. The summed E-state index contributed by atoms with van der Waals surface area (Å²) in [6.45, 7) is 11.4. The lowest BCUT2D eigenvalue weighted by Gasteiger charge is -2.38. The Labute approximate surface area is 144 Å². The Morgan fingerprint density at radius 2 is 2.00 bits per heavy atom. The van der Waals surface area contributed by atoms with Crippen LogP contribution in [0.3, 0.4) is 0 Å². The highest BCUT2D eigenvalue weighted by atomic mass is 16.1. The van der Waals surface area contributed by atoms with Gasteiger partial charge in [-0.2, -0.15) is 0 Å². The van der Waals surface area contributed by atoms with Crippen molar-refractivity contribution in [3.8, 4) is 0 Å². The molecule has 2 saturated heterocycles. The van der Waals surface area contributed by atoms with E-state index >= 15 is 0 Å². The summed E-state index contributed by atoms with van der Waals surface area (Å²) in [5.74, 6) is 1.49. The van der Waals surface area contributed by atoms with E-state index in [1.165, 1.54) is 45.6 Å². The van der Waals surface area contributed by atoms with Gasteiger partial charge >= 0.3 is 0 Å². The molecule has 1 aromatic rings. The highest BCUT2D eigenvalue weighted by molar-refractivity contribution is 5.94. The Kier molecular flexibility index (Phi) is 5.46. The molecule has 0 N–H and O–H groups in total. The zero-order valence-corrected chi connectivity index (χ0v) is 15.2. The van der Waals surface area contributed by atoms with Crippen LogP contribution in [0.15, 0.2) is 6.20 Å². The average Bonchev–Trinajstić information content (AvgIpc) is 2.57. The van der Waals surface area contributed by atoms with Crippen molar-refractivity contribution in [1.82, 2.24) is 19.8 Å². The molecule has 0 aromatic carbocycles. The third-order valence-corrected chi connectivity index (χ3v) is 5.26. The van der Waals surface area contributed by atoms with Gasteiger partial charge in [0, 0.05) is 52.0 Å². The number of ketones is 1. The molecule has 6 nitrogen and oxygen atoms in total. The molecule has 0 aliphatic carbocycles. The van der Waals surface area contributed by atoms with Crippen LogP contribution < -0.4 is 4.90 Å². The molecular weight excluding hydrogens is 302 g/mol. The summed E-state index contributed by atoms with van der Waals surface area (Å²) in [5, 5.41) is 0. The number of piperidine rings is 1. The van der Waals surface area contributed by atoms with Crippen LogP contribution >= 0.6 is 0 Å². The first-order chi connectivity index (χ1) is 11.5. The fourth-order valence-corrected chi connectivity index (χ4v) is 3.74. The van der Waals surface area contributed by atoms with Crippen LogP contribution in [0.1, 0.15) is 35.8 Å². The molecule has 2 aliphatic rings. The molecule has 1 aromatic heterocycles. The summed E-state index contributed by atoms with van der Waals surface area (Å²) in [5.41, 5.74) is 1.42. The molecule has 3 heterocycles. The first-order valence-corrected chi connectivity index (χ1v) is 9.03. The predicted molar refractivity (Wildman–Crippen MR) is 95.6 cm³/mol. The number of piperazine rings is 1. The number of carbonyl (C=O) groups is 1. The summed E-state index contributed by atoms with van der Waals surface area (Å²) in [4.78, 5) is 27.9. The number of nitrogens with zero attached hydrogens (tertiary/aromatic N) is 5. The third kappa shape index (κ3) is 4.11. The molecule has 0 bridgehead atoms. The van der Waals surface area contributed by atoms with E-state index in [0.29, 0.717) is 11.5 Å². The maximum atomic E-state index is 11.5. The largest absolute Gasteiger partial charge is 0.340 e. The third-order valence-electron chi connectivity index (χ3n) is 5.26. The van der Waals surface area contributed by atoms with E-state index in [2.05, 4.69) is 31.7 Å². The molecule has 24 heavy (non-hydrogen) atoms. The fraction of sp³-hybridized carbons (Fsp3) is 0.722. The minimum atomic E-state index is 0.0330. The molecule has 3 rings (SSSR count). The van der Waals surface area contributed by atoms with Gasteiger partial charge in [-0.3, -0.25) is 4.79 Å². The van der Waals surface area contributed by atoms with Gasteiger partial charge in [-0.1, -0.05) is 0 Å². The van der Waals surface area contributed by atoms with Crippen molar-refractivity contribution in [2.24, 2.45) is 5.92 Å². The lowest BCUT2D eigenvalue weighted by molar-refractivity contribution is 0.101. The molecule has 6 heteroatoms. The zero-order chi connectivity index (χ0) is 17.1. The molecular formula is C18H29N5O. The summed E-state index contributed by atoms with van der Waals surface area (Å²) in [6.07, 6.45) is 4.16. The van der Waals surface area contributed by atoms with Gasteiger partial charge in [0.05, 0.1) is 11.3 Å². The van der Waals surface area contributed by atoms with E-state index in [-0.39, 0.29) is 5.78 Å². The smallest absolute Gasteiger partial charge is 0.225 e. The van der Waals surface area contributed by atoms with Gasteiger partial charge in [-0.05, 0) is 39.7 Å². The Morgan fingerprint density at radius 1 is 1.25 bits per heavy atom. The van der Waals surface area contributed by atoms with E-state index < -0.39 is 0 Å². The van der Waals surface area contributed by atoms with Gasteiger partial charge in [0.25, 0.3) is 0 Å². The van der Waals surface area contributed by atoms with Crippen LogP contribution in [0.5, 0.6) is 0 Å². The second kappa shape index (κ2) is 7.57. The standard InChI is InChI=1S/C18H29N5O/c1-14-17(15(2)24)11-19-18(20-14)23-6-4-5-16(13-23)12-22-9-7-21(3)8-10-22/h11,16H,4-10,12-13H2,1-3H3. The first kappa shape index (κ1) is 17.3. The normalized spacial score (nSPS) is 23.5. The molecule has 0 radical (unpaired) electrons. The highest BCUT2D eigenvalue weighted by Gasteiger charge is 2.25. The monoisotopic (exact) mass is 331 g/mol. The molecule has 0 amide bonds. The maximum Gasteiger partial charge on any atom is 0.225 e. The van der Waals surface area contributed by atoms with Crippen LogP contribution in [0.2, 0.25) is 0 Å². The van der Waals surface area contributed by atoms with E-state index in [9.17, 15) is 4.79 Å². The Morgan fingerprint density at radius 3 is 2.67 bits per heavy atom. The predicted octanol–water partition coefficient (Wildman–Crippen LogP) is 1.45. The highest BCUT2D eigenvalue weighted by Crippen LogP contribution is 2.22. The van der Waals surface area contributed by atoms with Gasteiger partial charge in [0.1, 0.15) is 0 Å². The number of likely N-dealkylation sites (N-methyl/N-ethyl adjacent to an activating group) is 1. The second-order valence-corrected chi connectivity index (χ2v) is 7.28. The Hall–Kier alpha value is -1.53. The van der Waals surface area contributed by atoms with Crippen molar-refractivity contribution < 1.29 is 4.79 Å². The van der Waals surface area contributed by atoms with E-state index in [0.717, 1.165) is 24.7 Å². The number of aromatic nitrogens is 2. The molecule has 0 spiro atoms. The lowest BCUT2D eigenvalue weighted by atomic mass is 9.97. The minimum absolute atomic E-state index is 0.0330. The fourth-order valence-electron chi connectivity index (χ4n) is 3.74. The first-order valence-electron chi connectivity index (χ1n) is 9.03. The lowest BCUT2D eigenvalue weighted by Crippen LogP contribution is -2.48. The molecule has 1 atom stereocenters. The number of anilines is 1. The summed E-state index contributed by atoms with van der Waals surface area (Å²) in [6, 6.07) is 0. The second-order valence-electron chi connectivity index (χ2n) is 7.28. The van der Waals surface area contributed by atoms with Crippen molar-refractivity contribution in [3.05, 3.63) is 17.5 Å². The van der Waals surface area contributed by atoms with Gasteiger partial charge in [-0.25, -0.2) is 9.97 Å². The van der Waals surface area contributed by atoms with Gasteiger partial charge in [0.2, 0.25) is 5.95 Å². The Balaban J connectivity index is 1.61. The number of aryl methyl sites for hydroxylation is 1. The van der Waals surface area contributed by atoms with Gasteiger partial charge < -0.3 is 14.7 Å². The summed E-state index contributed by atoms with van der Waals surface area (Å²) in [7, 11) is 2.20. The van der Waals surface area contributed by atoms with Crippen molar-refractivity contribution in [2.45, 2.75) is 26.7 Å². The van der Waals surface area contributed by atoms with Crippen molar-refractivity contribution in [3.63, 3.8) is 0 Å². The molecule has 2 fully saturated rings. The summed E-state index contributed by atoms with van der Waals surface area (Å²) < 4.78 is 0. The average molecular weight is 331 g/mol. The van der Waals surface area contributed by atoms with Crippen molar-refractivity contribution >= 4 is 11.7 Å². The quantitative estimate of drug-likeness (QED) is 0.779. The van der Waals surface area contributed by atoms with Crippen molar-refractivity contribution in [2.75, 3.05) is 57.8 Å².